The monoisotopic (exact) mass is 746 g/mol. The third-order valence-electron chi connectivity index (χ3n) is 12.9. The second-order valence-electron chi connectivity index (χ2n) is 17.0. The standard InChI is InChI=1S/C39H67N7O7/c1-5-11-31-36(49)45-33(26-12-8-6-7-9-13-26)37(50)43-29(21-40)34(47)44-30(22-52-28-17-27(41)18-28)35(48)42-24(3)53-32(23(2)38(51)46(31)4)16-25-19-39(20-25)14-10-15-39/h23-33H,5-22,40-41H2,1-4H3,(H,42,48)(H,43,50)(H,44,47)(H,45,49)/t23-,24+,27-,28-,29+,30+,31+,32-,33+/m1/s1. The minimum atomic E-state index is -1.17. The van der Waals surface area contributed by atoms with E-state index in [2.05, 4.69) is 21.3 Å². The van der Waals surface area contributed by atoms with Crippen molar-refractivity contribution in [1.82, 2.24) is 26.2 Å². The van der Waals surface area contributed by atoms with E-state index >= 15 is 0 Å². The lowest BCUT2D eigenvalue weighted by atomic mass is 9.51. The fraction of sp³-hybridized carbons (Fsp3) is 0.872. The topological polar surface area (TPSA) is 207 Å². The van der Waals surface area contributed by atoms with E-state index in [0.717, 1.165) is 51.4 Å². The Morgan fingerprint density at radius 2 is 1.49 bits per heavy atom. The zero-order chi connectivity index (χ0) is 38.3. The number of nitrogens with one attached hydrogen (secondary N) is 4. The molecule has 5 amide bonds. The first-order valence-electron chi connectivity index (χ1n) is 20.5. The molecule has 1 aliphatic heterocycles. The molecule has 300 valence electrons. The van der Waals surface area contributed by atoms with Crippen LogP contribution in [0.2, 0.25) is 0 Å². The molecule has 1 heterocycles. The average Bonchev–Trinajstić information content (AvgIpc) is 3.37. The highest BCUT2D eigenvalue weighted by Crippen LogP contribution is 2.60. The molecule has 0 unspecified atom stereocenters. The van der Waals surface area contributed by atoms with Gasteiger partial charge in [-0.25, -0.2) is 0 Å². The quantitative estimate of drug-likeness (QED) is 0.191. The van der Waals surface area contributed by atoms with E-state index < -0.39 is 66.0 Å². The summed E-state index contributed by atoms with van der Waals surface area (Å²) < 4.78 is 12.5. The molecule has 8 N–H and O–H groups in total. The van der Waals surface area contributed by atoms with E-state index in [4.69, 9.17) is 20.9 Å². The minimum absolute atomic E-state index is 0.0358. The summed E-state index contributed by atoms with van der Waals surface area (Å²) in [5.41, 5.74) is 12.4. The minimum Gasteiger partial charge on any atom is -0.375 e. The lowest BCUT2D eigenvalue weighted by Gasteiger charge is -2.55. The number of hydrogen-bond acceptors (Lipinski definition) is 9. The summed E-state index contributed by atoms with van der Waals surface area (Å²) in [6.07, 6.45) is 12.9. The van der Waals surface area contributed by atoms with E-state index in [1.165, 1.54) is 24.2 Å². The molecule has 0 bridgehead atoms. The van der Waals surface area contributed by atoms with E-state index in [0.29, 0.717) is 43.4 Å². The fourth-order valence-corrected chi connectivity index (χ4v) is 9.34. The Balaban J connectivity index is 1.43. The van der Waals surface area contributed by atoms with E-state index in [-0.39, 0.29) is 37.1 Å². The molecule has 53 heavy (non-hydrogen) atoms. The maximum Gasteiger partial charge on any atom is 0.246 e. The van der Waals surface area contributed by atoms with Crippen LogP contribution < -0.4 is 32.7 Å². The second kappa shape index (κ2) is 18.7. The first kappa shape index (κ1) is 41.4. The molecule has 0 radical (unpaired) electrons. The van der Waals surface area contributed by atoms with Crippen molar-refractivity contribution in [3.05, 3.63) is 0 Å². The Bertz CT molecular complexity index is 1270. The SMILES string of the molecule is CCC[C@H]1C(=O)N[C@@H](C2CCCCCC2)C(=O)N[C@@H](CN)C(=O)N[C@@H](CO[C@H]2C[C@H](N)C2)C(=O)N[C@H](C)O[C@H](CC2CC3(CCC3)C2)[C@@H](C)C(=O)N1C. The van der Waals surface area contributed by atoms with Crippen molar-refractivity contribution in [2.24, 2.45) is 34.6 Å². The van der Waals surface area contributed by atoms with Gasteiger partial charge >= 0.3 is 0 Å². The van der Waals surface area contributed by atoms with Gasteiger partial charge in [-0.2, -0.15) is 0 Å². The van der Waals surface area contributed by atoms with Crippen LogP contribution in [0.25, 0.3) is 0 Å². The molecule has 0 aromatic rings. The van der Waals surface area contributed by atoms with Gasteiger partial charge < -0.3 is 47.1 Å². The molecule has 5 rings (SSSR count). The highest BCUT2D eigenvalue weighted by atomic mass is 16.5. The van der Waals surface area contributed by atoms with Gasteiger partial charge in [-0.15, -0.1) is 0 Å². The van der Waals surface area contributed by atoms with Crippen LogP contribution in [0.4, 0.5) is 0 Å². The van der Waals surface area contributed by atoms with Gasteiger partial charge in [-0.05, 0) is 88.4 Å². The van der Waals surface area contributed by atoms with Crippen molar-refractivity contribution >= 4 is 29.5 Å². The maximum absolute atomic E-state index is 14.3. The number of likely N-dealkylation sites (N-methyl/N-ethyl adjacent to an activating group) is 1. The summed E-state index contributed by atoms with van der Waals surface area (Å²) in [4.78, 5) is 71.7. The number of carbonyl (C=O) groups is 5. The van der Waals surface area contributed by atoms with Crippen LogP contribution in [0, 0.1) is 23.2 Å². The Morgan fingerprint density at radius 1 is 0.849 bits per heavy atom. The van der Waals surface area contributed by atoms with Gasteiger partial charge in [0, 0.05) is 19.6 Å². The summed E-state index contributed by atoms with van der Waals surface area (Å²) >= 11 is 0. The molecule has 5 aliphatic rings. The summed E-state index contributed by atoms with van der Waals surface area (Å²) in [5.74, 6) is -2.65. The molecule has 0 aromatic carbocycles. The molecule has 1 spiro atoms. The first-order valence-corrected chi connectivity index (χ1v) is 20.5. The van der Waals surface area contributed by atoms with E-state index in [1.54, 1.807) is 14.0 Å². The van der Waals surface area contributed by atoms with Gasteiger partial charge in [0.05, 0.1) is 24.7 Å². The molecule has 4 aliphatic carbocycles. The first-order chi connectivity index (χ1) is 25.3. The highest BCUT2D eigenvalue weighted by molar-refractivity contribution is 5.96. The third-order valence-corrected chi connectivity index (χ3v) is 12.9. The van der Waals surface area contributed by atoms with Crippen molar-refractivity contribution in [3.8, 4) is 0 Å². The maximum atomic E-state index is 14.3. The van der Waals surface area contributed by atoms with Gasteiger partial charge in [-0.1, -0.05) is 52.4 Å². The summed E-state index contributed by atoms with van der Waals surface area (Å²) in [7, 11) is 1.65. The van der Waals surface area contributed by atoms with Gasteiger partial charge in [0.15, 0.2) is 0 Å². The molecule has 14 heteroatoms. The molecular formula is C39H67N7O7. The molecular weight excluding hydrogens is 678 g/mol. The lowest BCUT2D eigenvalue weighted by molar-refractivity contribution is -0.152. The number of hydrogen-bond donors (Lipinski definition) is 6. The van der Waals surface area contributed by atoms with Crippen molar-refractivity contribution in [3.63, 3.8) is 0 Å². The molecule has 1 saturated heterocycles. The average molecular weight is 746 g/mol. The van der Waals surface area contributed by atoms with Gasteiger partial charge in [0.25, 0.3) is 0 Å². The lowest BCUT2D eigenvalue weighted by Crippen LogP contribution is -2.62. The van der Waals surface area contributed by atoms with Crippen LogP contribution in [0.1, 0.15) is 124 Å². The molecule has 7 atom stereocenters. The summed E-state index contributed by atoms with van der Waals surface area (Å²) in [5, 5.41) is 11.5. The van der Waals surface area contributed by atoms with Gasteiger partial charge in [0.1, 0.15) is 30.4 Å². The fourth-order valence-electron chi connectivity index (χ4n) is 9.34. The normalized spacial score (nSPS) is 35.7. The van der Waals surface area contributed by atoms with Crippen LogP contribution in [0.3, 0.4) is 0 Å². The van der Waals surface area contributed by atoms with Crippen LogP contribution >= 0.6 is 0 Å². The third kappa shape index (κ3) is 10.5. The van der Waals surface area contributed by atoms with E-state index in [9.17, 15) is 24.0 Å². The summed E-state index contributed by atoms with van der Waals surface area (Å²) in [6, 6.07) is -3.99. The Morgan fingerprint density at radius 3 is 2.08 bits per heavy atom. The summed E-state index contributed by atoms with van der Waals surface area (Å²) in [6.45, 7) is 5.17. The van der Waals surface area contributed by atoms with Crippen LogP contribution in [0.5, 0.6) is 0 Å². The zero-order valence-corrected chi connectivity index (χ0v) is 32.5. The van der Waals surface area contributed by atoms with Crippen molar-refractivity contribution in [1.29, 1.82) is 0 Å². The number of carbonyl (C=O) groups excluding carboxylic acids is 5. The molecule has 14 nitrogen and oxygen atoms in total. The van der Waals surface area contributed by atoms with Crippen LogP contribution in [-0.4, -0.2) is 103 Å². The van der Waals surface area contributed by atoms with Crippen LogP contribution in [0.15, 0.2) is 0 Å². The van der Waals surface area contributed by atoms with Crippen molar-refractivity contribution in [2.75, 3.05) is 20.2 Å². The van der Waals surface area contributed by atoms with Crippen molar-refractivity contribution < 1.29 is 33.4 Å². The molecule has 5 fully saturated rings. The number of amides is 5. The second-order valence-corrected chi connectivity index (χ2v) is 17.0. The van der Waals surface area contributed by atoms with Crippen LogP contribution in [-0.2, 0) is 33.4 Å². The number of ether oxygens (including phenoxy) is 2. The number of rotatable bonds is 9. The number of nitrogens with two attached hydrogens (primary N) is 2. The molecule has 4 saturated carbocycles. The Kier molecular flexibility index (Phi) is 14.6. The largest absolute Gasteiger partial charge is 0.375 e. The predicted octanol–water partition coefficient (Wildman–Crippen LogP) is 1.97. The Hall–Kier alpha value is -2.81. The van der Waals surface area contributed by atoms with Gasteiger partial charge in [-0.3, -0.25) is 24.0 Å². The number of nitrogens with zero attached hydrogens (tertiary/aromatic N) is 1. The predicted molar refractivity (Wildman–Crippen MR) is 200 cm³/mol. The van der Waals surface area contributed by atoms with Gasteiger partial charge in [0.2, 0.25) is 29.5 Å². The highest BCUT2D eigenvalue weighted by Gasteiger charge is 2.49. The Labute approximate surface area is 315 Å². The van der Waals surface area contributed by atoms with E-state index in [1.807, 2.05) is 13.8 Å². The smallest absolute Gasteiger partial charge is 0.246 e. The molecule has 0 aromatic heterocycles. The zero-order valence-electron chi connectivity index (χ0n) is 32.5. The van der Waals surface area contributed by atoms with Crippen molar-refractivity contribution in [2.45, 2.75) is 172 Å².